The van der Waals surface area contributed by atoms with Crippen molar-refractivity contribution in [3.05, 3.63) is 53.8 Å². The van der Waals surface area contributed by atoms with Crippen LogP contribution in [-0.2, 0) is 4.79 Å². The van der Waals surface area contributed by atoms with E-state index in [2.05, 4.69) is 16.0 Å². The number of amides is 4. The van der Waals surface area contributed by atoms with E-state index < -0.39 is 6.04 Å². The van der Waals surface area contributed by atoms with Crippen molar-refractivity contribution in [2.75, 3.05) is 11.9 Å². The van der Waals surface area contributed by atoms with Gasteiger partial charge in [-0.05, 0) is 50.5 Å². The summed E-state index contributed by atoms with van der Waals surface area (Å²) < 4.78 is 14.2. The number of carbonyl (C=O) groups excluding carboxylic acids is 3. The molecule has 162 valence electrons. The minimum Gasteiger partial charge on any atom is -0.336 e. The SMILES string of the molecule is CC(C)NC(=O)NC1CCN2C(=O)c3cc(-c4ccccc4F)ccc3NC(=O)C2C1. The quantitative estimate of drug-likeness (QED) is 0.707. The van der Waals surface area contributed by atoms with Gasteiger partial charge in [0.25, 0.3) is 5.91 Å². The van der Waals surface area contributed by atoms with E-state index in [1.165, 1.54) is 6.07 Å². The van der Waals surface area contributed by atoms with E-state index in [0.29, 0.717) is 41.8 Å². The Morgan fingerprint density at radius 2 is 1.94 bits per heavy atom. The maximum Gasteiger partial charge on any atom is 0.315 e. The molecule has 0 saturated carbocycles. The van der Waals surface area contributed by atoms with Crippen LogP contribution in [0.5, 0.6) is 0 Å². The topological polar surface area (TPSA) is 90.5 Å². The van der Waals surface area contributed by atoms with Crippen molar-refractivity contribution in [1.29, 1.82) is 0 Å². The molecule has 2 aromatic rings. The van der Waals surface area contributed by atoms with Crippen LogP contribution in [0.2, 0.25) is 0 Å². The molecule has 2 unspecified atom stereocenters. The maximum atomic E-state index is 14.2. The van der Waals surface area contributed by atoms with Crippen LogP contribution < -0.4 is 16.0 Å². The van der Waals surface area contributed by atoms with E-state index >= 15 is 0 Å². The highest BCUT2D eigenvalue weighted by Crippen LogP contribution is 2.32. The van der Waals surface area contributed by atoms with Gasteiger partial charge in [0.2, 0.25) is 5.91 Å². The average molecular weight is 424 g/mol. The number of nitrogens with zero attached hydrogens (tertiary/aromatic N) is 1. The van der Waals surface area contributed by atoms with E-state index in [-0.39, 0.29) is 35.7 Å². The average Bonchev–Trinajstić information content (AvgIpc) is 2.82. The molecule has 0 aromatic heterocycles. The highest BCUT2D eigenvalue weighted by atomic mass is 19.1. The number of urea groups is 1. The van der Waals surface area contributed by atoms with Gasteiger partial charge in [-0.25, -0.2) is 9.18 Å². The van der Waals surface area contributed by atoms with Crippen molar-refractivity contribution in [1.82, 2.24) is 15.5 Å². The van der Waals surface area contributed by atoms with Gasteiger partial charge in [0.1, 0.15) is 11.9 Å². The Bertz CT molecular complexity index is 1040. The predicted octanol–water partition coefficient (Wildman–Crippen LogP) is 3.13. The Morgan fingerprint density at radius 1 is 1.16 bits per heavy atom. The van der Waals surface area contributed by atoms with Gasteiger partial charge in [-0.15, -0.1) is 0 Å². The lowest BCUT2D eigenvalue weighted by Crippen LogP contribution is -2.56. The van der Waals surface area contributed by atoms with Crippen molar-refractivity contribution in [3.8, 4) is 11.1 Å². The van der Waals surface area contributed by atoms with Gasteiger partial charge >= 0.3 is 6.03 Å². The molecule has 1 fully saturated rings. The van der Waals surface area contributed by atoms with Crippen LogP contribution >= 0.6 is 0 Å². The Balaban J connectivity index is 1.58. The summed E-state index contributed by atoms with van der Waals surface area (Å²) in [6, 6.07) is 10.1. The minimum atomic E-state index is -0.685. The highest BCUT2D eigenvalue weighted by Gasteiger charge is 2.40. The molecule has 31 heavy (non-hydrogen) atoms. The summed E-state index contributed by atoms with van der Waals surface area (Å²) in [5.41, 5.74) is 1.70. The number of piperidine rings is 1. The summed E-state index contributed by atoms with van der Waals surface area (Å²) in [6.07, 6.45) is 0.876. The molecule has 2 atom stereocenters. The van der Waals surface area contributed by atoms with Gasteiger partial charge in [0.15, 0.2) is 0 Å². The summed E-state index contributed by atoms with van der Waals surface area (Å²) in [5.74, 6) is -0.944. The van der Waals surface area contributed by atoms with Crippen molar-refractivity contribution >= 4 is 23.5 Å². The Hall–Kier alpha value is -3.42. The minimum absolute atomic E-state index is 0.000919. The smallest absolute Gasteiger partial charge is 0.315 e. The molecule has 1 saturated heterocycles. The number of benzene rings is 2. The molecule has 2 aliphatic heterocycles. The third kappa shape index (κ3) is 4.23. The number of fused-ring (bicyclic) bond motifs is 2. The van der Waals surface area contributed by atoms with E-state index in [1.54, 1.807) is 41.3 Å². The summed E-state index contributed by atoms with van der Waals surface area (Å²) in [5, 5.41) is 8.49. The molecule has 7 nitrogen and oxygen atoms in total. The molecule has 3 N–H and O–H groups in total. The molecule has 2 aromatic carbocycles. The van der Waals surface area contributed by atoms with Crippen molar-refractivity contribution in [3.63, 3.8) is 0 Å². The number of hydrogen-bond acceptors (Lipinski definition) is 3. The molecule has 0 aliphatic carbocycles. The number of hydrogen-bond donors (Lipinski definition) is 3. The molecule has 4 amide bonds. The molecule has 8 heteroatoms. The third-order valence-electron chi connectivity index (χ3n) is 5.61. The molecular weight excluding hydrogens is 399 g/mol. The summed E-state index contributed by atoms with van der Waals surface area (Å²) in [7, 11) is 0. The standard InChI is InChI=1S/C23H25FN4O3/c1-13(2)25-23(31)26-15-9-10-28-20(12-15)21(29)27-19-8-7-14(11-17(19)22(28)30)16-5-3-4-6-18(16)24/h3-8,11,13,15,20H,9-10,12H2,1-2H3,(H,27,29)(H2,25,26,31). The summed E-state index contributed by atoms with van der Waals surface area (Å²) in [4.78, 5) is 39.8. The van der Waals surface area contributed by atoms with Crippen LogP contribution in [0.3, 0.4) is 0 Å². The van der Waals surface area contributed by atoms with Gasteiger partial charge in [0.05, 0.1) is 11.3 Å². The maximum absolute atomic E-state index is 14.2. The van der Waals surface area contributed by atoms with E-state index in [9.17, 15) is 18.8 Å². The summed E-state index contributed by atoms with van der Waals surface area (Å²) >= 11 is 0. The fraction of sp³-hybridized carbons (Fsp3) is 0.348. The van der Waals surface area contributed by atoms with Crippen molar-refractivity contribution in [2.24, 2.45) is 0 Å². The second-order valence-corrected chi connectivity index (χ2v) is 8.24. The van der Waals surface area contributed by atoms with E-state index in [1.807, 2.05) is 13.8 Å². The first-order valence-corrected chi connectivity index (χ1v) is 10.4. The molecule has 0 spiro atoms. The Morgan fingerprint density at radius 3 is 2.68 bits per heavy atom. The van der Waals surface area contributed by atoms with Crippen LogP contribution in [0.1, 0.15) is 37.0 Å². The zero-order chi connectivity index (χ0) is 22.1. The Labute approximate surface area is 180 Å². The van der Waals surface area contributed by atoms with Crippen molar-refractivity contribution in [2.45, 2.75) is 44.8 Å². The number of rotatable bonds is 3. The van der Waals surface area contributed by atoms with Gasteiger partial charge in [-0.2, -0.15) is 0 Å². The van der Waals surface area contributed by atoms with Gasteiger partial charge in [-0.3, -0.25) is 9.59 Å². The molecule has 2 heterocycles. The van der Waals surface area contributed by atoms with Crippen LogP contribution in [0.4, 0.5) is 14.9 Å². The molecule has 4 rings (SSSR count). The lowest BCUT2D eigenvalue weighted by atomic mass is 9.96. The van der Waals surface area contributed by atoms with Crippen LogP contribution in [0.15, 0.2) is 42.5 Å². The zero-order valence-electron chi connectivity index (χ0n) is 17.4. The van der Waals surface area contributed by atoms with Crippen LogP contribution in [-0.4, -0.2) is 47.4 Å². The number of carbonyl (C=O) groups is 3. The van der Waals surface area contributed by atoms with Crippen LogP contribution in [0.25, 0.3) is 11.1 Å². The molecule has 0 bridgehead atoms. The van der Waals surface area contributed by atoms with Gasteiger partial charge in [-0.1, -0.05) is 24.3 Å². The monoisotopic (exact) mass is 424 g/mol. The zero-order valence-corrected chi connectivity index (χ0v) is 17.4. The second-order valence-electron chi connectivity index (χ2n) is 8.24. The fourth-order valence-corrected chi connectivity index (χ4v) is 4.14. The van der Waals surface area contributed by atoms with Crippen molar-refractivity contribution < 1.29 is 18.8 Å². The lowest BCUT2D eigenvalue weighted by Gasteiger charge is -2.37. The van der Waals surface area contributed by atoms with E-state index in [4.69, 9.17) is 0 Å². The normalized spacial score (nSPS) is 20.5. The number of halogens is 1. The fourth-order valence-electron chi connectivity index (χ4n) is 4.14. The first-order chi connectivity index (χ1) is 14.8. The molecule has 2 aliphatic rings. The summed E-state index contributed by atoms with van der Waals surface area (Å²) in [6.45, 7) is 4.08. The molecular formula is C23H25FN4O3. The van der Waals surface area contributed by atoms with Crippen LogP contribution in [0, 0.1) is 5.82 Å². The van der Waals surface area contributed by atoms with Gasteiger partial charge in [0, 0.05) is 24.2 Å². The predicted molar refractivity (Wildman–Crippen MR) is 115 cm³/mol. The first kappa shape index (κ1) is 20.8. The van der Waals surface area contributed by atoms with Gasteiger partial charge < -0.3 is 20.9 Å². The second kappa shape index (κ2) is 8.37. The third-order valence-corrected chi connectivity index (χ3v) is 5.61. The Kier molecular flexibility index (Phi) is 5.63. The lowest BCUT2D eigenvalue weighted by molar-refractivity contribution is -0.121. The van der Waals surface area contributed by atoms with E-state index in [0.717, 1.165) is 0 Å². The largest absolute Gasteiger partial charge is 0.336 e. The first-order valence-electron chi connectivity index (χ1n) is 10.4. The number of anilines is 1. The highest BCUT2D eigenvalue weighted by molar-refractivity contribution is 6.10. The molecule has 0 radical (unpaired) electrons. The number of nitrogens with one attached hydrogen (secondary N) is 3.